The normalized spacial score (nSPS) is 14.4. The molecule has 0 aliphatic heterocycles. The molecular formula is C17H24N2S. The fraction of sp³-hybridized carbons (Fsp3) is 0.412. The average molecular weight is 288 g/mol. The van der Waals surface area contributed by atoms with Crippen LogP contribution in [0, 0.1) is 6.92 Å². The van der Waals surface area contributed by atoms with Crippen molar-refractivity contribution in [1.29, 1.82) is 0 Å². The second-order valence-electron chi connectivity index (χ2n) is 5.43. The molecule has 0 aliphatic rings. The molecule has 0 saturated heterocycles. The van der Waals surface area contributed by atoms with Gasteiger partial charge in [0.1, 0.15) is 0 Å². The van der Waals surface area contributed by atoms with Crippen LogP contribution < -0.4 is 5.73 Å². The third kappa shape index (κ3) is 3.69. The molecule has 2 unspecified atom stereocenters. The molecule has 1 heterocycles. The van der Waals surface area contributed by atoms with Gasteiger partial charge < -0.3 is 5.73 Å². The molecule has 2 rings (SSSR count). The highest BCUT2D eigenvalue weighted by atomic mass is 32.1. The molecule has 1 aromatic carbocycles. The van der Waals surface area contributed by atoms with Crippen molar-refractivity contribution in [2.45, 2.75) is 38.9 Å². The first-order chi connectivity index (χ1) is 9.61. The van der Waals surface area contributed by atoms with Crippen LogP contribution in [0.15, 0.2) is 41.8 Å². The van der Waals surface area contributed by atoms with Crippen molar-refractivity contribution in [2.24, 2.45) is 5.73 Å². The van der Waals surface area contributed by atoms with Crippen LogP contribution in [0.2, 0.25) is 0 Å². The lowest BCUT2D eigenvalue weighted by Crippen LogP contribution is -2.38. The Balaban J connectivity index is 2.23. The van der Waals surface area contributed by atoms with E-state index in [-0.39, 0.29) is 12.1 Å². The first-order valence-electron chi connectivity index (χ1n) is 7.16. The van der Waals surface area contributed by atoms with Crippen LogP contribution in [0.1, 0.15) is 35.4 Å². The van der Waals surface area contributed by atoms with Gasteiger partial charge in [0, 0.05) is 23.5 Å². The number of rotatable bonds is 6. The van der Waals surface area contributed by atoms with Crippen molar-refractivity contribution < 1.29 is 0 Å². The lowest BCUT2D eigenvalue weighted by atomic mass is 9.95. The van der Waals surface area contributed by atoms with E-state index in [1.54, 1.807) is 11.3 Å². The van der Waals surface area contributed by atoms with Crippen molar-refractivity contribution >= 4 is 11.3 Å². The number of hydrogen-bond donors (Lipinski definition) is 1. The summed E-state index contributed by atoms with van der Waals surface area (Å²) in [6.45, 7) is 5.24. The summed E-state index contributed by atoms with van der Waals surface area (Å²) in [6, 6.07) is 13.4. The van der Waals surface area contributed by atoms with E-state index in [1.807, 2.05) is 0 Å². The lowest BCUT2D eigenvalue weighted by molar-refractivity contribution is 0.203. The van der Waals surface area contributed by atoms with Gasteiger partial charge in [-0.2, -0.15) is 0 Å². The summed E-state index contributed by atoms with van der Waals surface area (Å²) in [6.07, 6.45) is 0.980. The lowest BCUT2D eigenvalue weighted by Gasteiger charge is -2.32. The maximum Gasteiger partial charge on any atom is 0.0499 e. The Morgan fingerprint density at radius 2 is 2.05 bits per heavy atom. The standard InChI is InChI=1S/C17H24N2S/c1-4-16(18)17(14-8-5-7-13(2)11-14)19(3)12-15-9-6-10-20-15/h5-11,16-17H,4,12,18H2,1-3H3. The minimum absolute atomic E-state index is 0.154. The fourth-order valence-corrected chi connectivity index (χ4v) is 3.42. The van der Waals surface area contributed by atoms with Crippen LogP contribution in [-0.4, -0.2) is 18.0 Å². The van der Waals surface area contributed by atoms with Crippen LogP contribution in [0.25, 0.3) is 0 Å². The van der Waals surface area contributed by atoms with Gasteiger partial charge in [-0.05, 0) is 37.4 Å². The highest BCUT2D eigenvalue weighted by molar-refractivity contribution is 7.09. The molecule has 0 aliphatic carbocycles. The average Bonchev–Trinajstić information content (AvgIpc) is 2.91. The summed E-state index contributed by atoms with van der Waals surface area (Å²) in [5.74, 6) is 0. The zero-order valence-corrected chi connectivity index (χ0v) is 13.4. The summed E-state index contributed by atoms with van der Waals surface area (Å²) >= 11 is 1.80. The van der Waals surface area contributed by atoms with Gasteiger partial charge in [0.05, 0.1) is 0 Å². The Hall–Kier alpha value is -1.16. The molecule has 2 aromatic rings. The molecule has 0 amide bonds. The molecule has 0 radical (unpaired) electrons. The molecule has 1 aromatic heterocycles. The molecule has 108 valence electrons. The molecule has 0 fully saturated rings. The number of benzene rings is 1. The van der Waals surface area contributed by atoms with E-state index in [0.717, 1.165) is 13.0 Å². The largest absolute Gasteiger partial charge is 0.326 e. The Bertz CT molecular complexity index is 522. The van der Waals surface area contributed by atoms with Crippen molar-refractivity contribution in [1.82, 2.24) is 4.90 Å². The van der Waals surface area contributed by atoms with Crippen molar-refractivity contribution in [2.75, 3.05) is 7.05 Å². The first kappa shape index (κ1) is 15.2. The third-order valence-electron chi connectivity index (χ3n) is 3.72. The van der Waals surface area contributed by atoms with E-state index in [0.29, 0.717) is 0 Å². The predicted molar refractivity (Wildman–Crippen MR) is 88.0 cm³/mol. The van der Waals surface area contributed by atoms with Crippen LogP contribution in [0.3, 0.4) is 0 Å². The first-order valence-corrected chi connectivity index (χ1v) is 8.04. The zero-order chi connectivity index (χ0) is 14.5. The quantitative estimate of drug-likeness (QED) is 0.871. The molecule has 0 saturated carbocycles. The maximum absolute atomic E-state index is 6.39. The fourth-order valence-electron chi connectivity index (χ4n) is 2.65. The SMILES string of the molecule is CCC(N)C(c1cccc(C)c1)N(C)Cc1cccs1. The summed E-state index contributed by atoms with van der Waals surface area (Å²) < 4.78 is 0. The summed E-state index contributed by atoms with van der Waals surface area (Å²) in [4.78, 5) is 3.75. The van der Waals surface area contributed by atoms with Crippen LogP contribution in [0.5, 0.6) is 0 Å². The van der Waals surface area contributed by atoms with Gasteiger partial charge in [-0.25, -0.2) is 0 Å². The summed E-state index contributed by atoms with van der Waals surface area (Å²) in [5.41, 5.74) is 9.00. The van der Waals surface area contributed by atoms with Crippen LogP contribution in [-0.2, 0) is 6.54 Å². The molecular weight excluding hydrogens is 264 g/mol. The molecule has 0 spiro atoms. The van der Waals surface area contributed by atoms with Gasteiger partial charge in [0.2, 0.25) is 0 Å². The number of thiophene rings is 1. The number of nitrogens with zero attached hydrogens (tertiary/aromatic N) is 1. The predicted octanol–water partition coefficient (Wildman–Crippen LogP) is 3.97. The number of likely N-dealkylation sites (N-methyl/N-ethyl adjacent to an activating group) is 1. The van der Waals surface area contributed by atoms with E-state index < -0.39 is 0 Å². The number of nitrogens with two attached hydrogens (primary N) is 1. The Kier molecular flexibility index (Phi) is 5.35. The topological polar surface area (TPSA) is 29.3 Å². The summed E-state index contributed by atoms with van der Waals surface area (Å²) in [5, 5.41) is 2.13. The van der Waals surface area contributed by atoms with E-state index in [4.69, 9.17) is 5.73 Å². The number of aryl methyl sites for hydroxylation is 1. The van der Waals surface area contributed by atoms with Gasteiger partial charge in [-0.1, -0.05) is 42.8 Å². The molecule has 3 heteroatoms. The Morgan fingerprint density at radius 1 is 1.25 bits per heavy atom. The van der Waals surface area contributed by atoms with Crippen molar-refractivity contribution in [3.8, 4) is 0 Å². The molecule has 20 heavy (non-hydrogen) atoms. The molecule has 2 N–H and O–H groups in total. The van der Waals surface area contributed by atoms with E-state index in [2.05, 4.69) is 67.6 Å². The molecule has 2 atom stereocenters. The van der Waals surface area contributed by atoms with Gasteiger partial charge in [0.25, 0.3) is 0 Å². The monoisotopic (exact) mass is 288 g/mol. The third-order valence-corrected chi connectivity index (χ3v) is 4.58. The maximum atomic E-state index is 6.39. The van der Waals surface area contributed by atoms with Crippen molar-refractivity contribution in [3.05, 3.63) is 57.8 Å². The second-order valence-corrected chi connectivity index (χ2v) is 6.46. The zero-order valence-electron chi connectivity index (χ0n) is 12.5. The van der Waals surface area contributed by atoms with Gasteiger partial charge in [0.15, 0.2) is 0 Å². The van der Waals surface area contributed by atoms with E-state index >= 15 is 0 Å². The van der Waals surface area contributed by atoms with E-state index in [1.165, 1.54) is 16.0 Å². The second kappa shape index (κ2) is 7.02. The van der Waals surface area contributed by atoms with Gasteiger partial charge in [-0.15, -0.1) is 11.3 Å². The summed E-state index contributed by atoms with van der Waals surface area (Å²) in [7, 11) is 2.17. The molecule has 2 nitrogen and oxygen atoms in total. The van der Waals surface area contributed by atoms with Gasteiger partial charge in [-0.3, -0.25) is 4.90 Å². The minimum atomic E-state index is 0.154. The van der Waals surface area contributed by atoms with Gasteiger partial charge >= 0.3 is 0 Å². The number of hydrogen-bond acceptors (Lipinski definition) is 3. The van der Waals surface area contributed by atoms with E-state index in [9.17, 15) is 0 Å². The highest BCUT2D eigenvalue weighted by Crippen LogP contribution is 2.27. The van der Waals surface area contributed by atoms with Crippen LogP contribution >= 0.6 is 11.3 Å². The Morgan fingerprint density at radius 3 is 2.65 bits per heavy atom. The highest BCUT2D eigenvalue weighted by Gasteiger charge is 2.23. The smallest absolute Gasteiger partial charge is 0.0499 e. The minimum Gasteiger partial charge on any atom is -0.326 e. The van der Waals surface area contributed by atoms with Crippen molar-refractivity contribution in [3.63, 3.8) is 0 Å². The molecule has 0 bridgehead atoms. The Labute approximate surface area is 126 Å². The van der Waals surface area contributed by atoms with Crippen LogP contribution in [0.4, 0.5) is 0 Å².